The van der Waals surface area contributed by atoms with Crippen LogP contribution in [-0.4, -0.2) is 47.2 Å². The van der Waals surface area contributed by atoms with Crippen LogP contribution in [0.5, 0.6) is 5.75 Å². The molecule has 2 aromatic rings. The number of likely N-dealkylation sites (tertiary alicyclic amines) is 1. The Morgan fingerprint density at radius 3 is 2.76 bits per heavy atom. The Morgan fingerprint density at radius 1 is 1.24 bits per heavy atom. The molecule has 2 heterocycles. The van der Waals surface area contributed by atoms with Gasteiger partial charge in [-0.1, -0.05) is 18.6 Å². The number of aromatic nitrogens is 2. The van der Waals surface area contributed by atoms with Crippen molar-refractivity contribution in [3.05, 3.63) is 36.2 Å². The van der Waals surface area contributed by atoms with Crippen molar-refractivity contribution in [1.82, 2.24) is 15.1 Å². The van der Waals surface area contributed by atoms with Gasteiger partial charge in [-0.25, -0.2) is 0 Å². The quantitative estimate of drug-likeness (QED) is 0.792. The average molecular weight is 419 g/mol. The van der Waals surface area contributed by atoms with Crippen molar-refractivity contribution in [1.29, 1.82) is 0 Å². The van der Waals surface area contributed by atoms with Crippen molar-refractivity contribution >= 4 is 18.3 Å². The number of benzene rings is 1. The Morgan fingerprint density at radius 2 is 2.03 bits per heavy atom. The zero-order valence-electron chi connectivity index (χ0n) is 17.0. The molecule has 1 amide bonds. The third-order valence-corrected chi connectivity index (χ3v) is 6.33. The monoisotopic (exact) mass is 418 g/mol. The van der Waals surface area contributed by atoms with E-state index in [1.165, 1.54) is 5.69 Å². The number of rotatable bonds is 4. The van der Waals surface area contributed by atoms with Gasteiger partial charge in [0.1, 0.15) is 5.75 Å². The van der Waals surface area contributed by atoms with Gasteiger partial charge in [0.2, 0.25) is 5.91 Å². The van der Waals surface area contributed by atoms with Crippen LogP contribution in [0.3, 0.4) is 0 Å². The SMILES string of the molecule is COc1cccc(-c2cn[nH]c2C2CCN(C(=O)[C@@H]3CCC[C@H](N)C3)CC2)c1.Cl. The Labute approximate surface area is 178 Å². The summed E-state index contributed by atoms with van der Waals surface area (Å²) in [5.74, 6) is 1.67. The average Bonchev–Trinajstić information content (AvgIpc) is 3.23. The maximum Gasteiger partial charge on any atom is 0.225 e. The van der Waals surface area contributed by atoms with E-state index >= 15 is 0 Å². The summed E-state index contributed by atoms with van der Waals surface area (Å²) in [7, 11) is 1.68. The topological polar surface area (TPSA) is 84.2 Å². The molecule has 3 N–H and O–H groups in total. The summed E-state index contributed by atoms with van der Waals surface area (Å²) in [5.41, 5.74) is 9.48. The maximum absolute atomic E-state index is 12.9. The standard InChI is InChI=1S/C22H30N4O2.ClH/c1-28-19-7-3-4-16(13-19)20-14-24-25-21(20)15-8-10-26(11-9-15)22(27)17-5-2-6-18(23)12-17;/h3-4,7,13-15,17-18H,2,5-6,8-12,23H2,1H3,(H,24,25);1H/t17-,18+;/m1./s1. The lowest BCUT2D eigenvalue weighted by Gasteiger charge is -2.36. The van der Waals surface area contributed by atoms with E-state index in [1.54, 1.807) is 7.11 Å². The summed E-state index contributed by atoms with van der Waals surface area (Å²) in [6.45, 7) is 1.62. The second-order valence-corrected chi connectivity index (χ2v) is 8.15. The predicted molar refractivity (Wildman–Crippen MR) is 116 cm³/mol. The number of ether oxygens (including phenoxy) is 1. The molecule has 0 unspecified atom stereocenters. The summed E-state index contributed by atoms with van der Waals surface area (Å²) >= 11 is 0. The number of methoxy groups -OCH3 is 1. The van der Waals surface area contributed by atoms with Gasteiger partial charge >= 0.3 is 0 Å². The van der Waals surface area contributed by atoms with E-state index in [9.17, 15) is 4.79 Å². The van der Waals surface area contributed by atoms with Crippen LogP contribution in [0, 0.1) is 5.92 Å². The number of hydrogen-bond donors (Lipinski definition) is 2. The molecule has 1 saturated heterocycles. The molecule has 7 heteroatoms. The number of carbonyl (C=O) groups excluding carboxylic acids is 1. The Bertz CT molecular complexity index is 817. The highest BCUT2D eigenvalue weighted by Gasteiger charge is 2.32. The fourth-order valence-electron chi connectivity index (χ4n) is 4.73. The molecule has 1 aromatic heterocycles. The third-order valence-electron chi connectivity index (χ3n) is 6.33. The highest BCUT2D eigenvalue weighted by atomic mass is 35.5. The number of carbonyl (C=O) groups is 1. The van der Waals surface area contributed by atoms with Gasteiger partial charge in [-0.2, -0.15) is 5.10 Å². The lowest BCUT2D eigenvalue weighted by Crippen LogP contribution is -2.44. The van der Waals surface area contributed by atoms with Crippen LogP contribution >= 0.6 is 12.4 Å². The first-order valence-corrected chi connectivity index (χ1v) is 10.4. The van der Waals surface area contributed by atoms with Crippen molar-refractivity contribution in [3.8, 4) is 16.9 Å². The van der Waals surface area contributed by atoms with Crippen molar-refractivity contribution in [2.75, 3.05) is 20.2 Å². The smallest absolute Gasteiger partial charge is 0.225 e. The second kappa shape index (κ2) is 9.63. The molecule has 6 nitrogen and oxygen atoms in total. The van der Waals surface area contributed by atoms with E-state index in [4.69, 9.17) is 10.5 Å². The summed E-state index contributed by atoms with van der Waals surface area (Å²) < 4.78 is 5.36. The number of amides is 1. The molecule has 1 aliphatic carbocycles. The number of halogens is 1. The van der Waals surface area contributed by atoms with E-state index in [1.807, 2.05) is 24.4 Å². The third kappa shape index (κ3) is 4.75. The molecule has 0 bridgehead atoms. The van der Waals surface area contributed by atoms with Gasteiger partial charge in [0.15, 0.2) is 0 Å². The molecule has 1 aliphatic heterocycles. The van der Waals surface area contributed by atoms with Crippen LogP contribution < -0.4 is 10.5 Å². The molecular formula is C22H31ClN4O2. The normalized spacial score (nSPS) is 22.8. The summed E-state index contributed by atoms with van der Waals surface area (Å²) in [6.07, 6.45) is 7.79. The van der Waals surface area contributed by atoms with E-state index < -0.39 is 0 Å². The van der Waals surface area contributed by atoms with Crippen molar-refractivity contribution in [3.63, 3.8) is 0 Å². The van der Waals surface area contributed by atoms with Crippen LogP contribution in [0.15, 0.2) is 30.5 Å². The molecule has 2 aliphatic rings. The Balaban J connectivity index is 0.00000240. The van der Waals surface area contributed by atoms with Gasteiger partial charge in [0.05, 0.1) is 13.3 Å². The molecule has 2 atom stereocenters. The molecule has 0 radical (unpaired) electrons. The zero-order chi connectivity index (χ0) is 19.5. The summed E-state index contributed by atoms with van der Waals surface area (Å²) in [4.78, 5) is 14.9. The van der Waals surface area contributed by atoms with Gasteiger partial charge < -0.3 is 15.4 Å². The number of nitrogens with zero attached hydrogens (tertiary/aromatic N) is 2. The van der Waals surface area contributed by atoms with Crippen LogP contribution in [0.1, 0.15) is 50.1 Å². The zero-order valence-corrected chi connectivity index (χ0v) is 17.8. The lowest BCUT2D eigenvalue weighted by atomic mass is 9.84. The minimum Gasteiger partial charge on any atom is -0.497 e. The molecular weight excluding hydrogens is 388 g/mol. The minimum absolute atomic E-state index is 0. The van der Waals surface area contributed by atoms with Gasteiger partial charge in [-0.3, -0.25) is 9.89 Å². The number of hydrogen-bond acceptors (Lipinski definition) is 4. The number of aromatic amines is 1. The largest absolute Gasteiger partial charge is 0.497 e. The first-order valence-electron chi connectivity index (χ1n) is 10.4. The number of H-pyrrole nitrogens is 1. The fourth-order valence-corrected chi connectivity index (χ4v) is 4.73. The van der Waals surface area contributed by atoms with E-state index in [0.29, 0.717) is 11.8 Å². The Kier molecular flexibility index (Phi) is 7.19. The number of piperidine rings is 1. The minimum atomic E-state index is 0. The van der Waals surface area contributed by atoms with Gasteiger partial charge in [0, 0.05) is 42.2 Å². The predicted octanol–water partition coefficient (Wildman–Crippen LogP) is 3.73. The van der Waals surface area contributed by atoms with E-state index in [0.717, 1.165) is 68.5 Å². The molecule has 4 rings (SSSR count). The molecule has 1 saturated carbocycles. The highest BCUT2D eigenvalue weighted by Crippen LogP contribution is 2.35. The van der Waals surface area contributed by atoms with Gasteiger partial charge in [0.25, 0.3) is 0 Å². The molecule has 29 heavy (non-hydrogen) atoms. The number of nitrogens with one attached hydrogen (secondary N) is 1. The molecule has 158 valence electrons. The van der Waals surface area contributed by atoms with Crippen LogP contribution in [-0.2, 0) is 4.79 Å². The van der Waals surface area contributed by atoms with Crippen molar-refractivity contribution < 1.29 is 9.53 Å². The molecule has 2 fully saturated rings. The lowest BCUT2D eigenvalue weighted by molar-refractivity contribution is -0.137. The first kappa shape index (κ1) is 21.7. The van der Waals surface area contributed by atoms with E-state index in [2.05, 4.69) is 21.2 Å². The van der Waals surface area contributed by atoms with Gasteiger partial charge in [-0.05, 0) is 49.8 Å². The second-order valence-electron chi connectivity index (χ2n) is 8.15. The molecule has 1 aromatic carbocycles. The number of nitrogens with two attached hydrogens (primary N) is 1. The van der Waals surface area contributed by atoms with Crippen LogP contribution in [0.4, 0.5) is 0 Å². The van der Waals surface area contributed by atoms with Crippen LogP contribution in [0.2, 0.25) is 0 Å². The highest BCUT2D eigenvalue weighted by molar-refractivity contribution is 5.85. The van der Waals surface area contributed by atoms with E-state index in [-0.39, 0.29) is 24.4 Å². The summed E-state index contributed by atoms with van der Waals surface area (Å²) in [5, 5.41) is 7.52. The first-order chi connectivity index (χ1) is 13.7. The van der Waals surface area contributed by atoms with Crippen molar-refractivity contribution in [2.45, 2.75) is 50.5 Å². The Hall–Kier alpha value is -2.05. The maximum atomic E-state index is 12.9. The fraction of sp³-hybridized carbons (Fsp3) is 0.545. The van der Waals surface area contributed by atoms with Gasteiger partial charge in [-0.15, -0.1) is 12.4 Å². The summed E-state index contributed by atoms with van der Waals surface area (Å²) in [6, 6.07) is 8.27. The van der Waals surface area contributed by atoms with Crippen molar-refractivity contribution in [2.24, 2.45) is 11.7 Å². The van der Waals surface area contributed by atoms with Crippen LogP contribution in [0.25, 0.3) is 11.1 Å². The molecule has 0 spiro atoms.